The quantitative estimate of drug-likeness (QED) is 0.451. The first-order chi connectivity index (χ1) is 17.4. The first-order valence-corrected chi connectivity index (χ1v) is 13.2. The van der Waals surface area contributed by atoms with Crippen molar-refractivity contribution in [3.8, 4) is 5.75 Å². The van der Waals surface area contributed by atoms with Crippen LogP contribution in [0, 0.1) is 5.92 Å². The number of fused-ring (bicyclic) bond motifs is 1. The Morgan fingerprint density at radius 2 is 2.06 bits per heavy atom. The van der Waals surface area contributed by atoms with Crippen molar-refractivity contribution in [1.82, 2.24) is 14.5 Å². The van der Waals surface area contributed by atoms with E-state index in [0.717, 1.165) is 48.3 Å². The van der Waals surface area contributed by atoms with Crippen molar-refractivity contribution in [2.24, 2.45) is 13.0 Å². The predicted molar refractivity (Wildman–Crippen MR) is 137 cm³/mol. The van der Waals surface area contributed by atoms with Crippen LogP contribution in [0.4, 0.5) is 0 Å². The highest BCUT2D eigenvalue weighted by atomic mass is 16.7. The molecule has 3 atom stereocenters. The maximum absolute atomic E-state index is 13.3. The third kappa shape index (κ3) is 5.76. The van der Waals surface area contributed by atoms with Gasteiger partial charge in [-0.1, -0.05) is 26.0 Å². The second-order valence-corrected chi connectivity index (χ2v) is 9.91. The summed E-state index contributed by atoms with van der Waals surface area (Å²) < 4.78 is 7.73. The van der Waals surface area contributed by atoms with Gasteiger partial charge in [-0.2, -0.15) is 0 Å². The van der Waals surface area contributed by atoms with Crippen molar-refractivity contribution in [2.45, 2.75) is 57.9 Å². The van der Waals surface area contributed by atoms with E-state index in [4.69, 9.17) is 9.57 Å². The number of aromatic nitrogens is 1. The van der Waals surface area contributed by atoms with Crippen LogP contribution in [0.25, 0.3) is 0 Å². The average molecular weight is 498 g/mol. The van der Waals surface area contributed by atoms with E-state index < -0.39 is 11.9 Å². The van der Waals surface area contributed by atoms with Crippen molar-refractivity contribution in [2.75, 3.05) is 32.8 Å². The van der Waals surface area contributed by atoms with Gasteiger partial charge in [-0.25, -0.2) is 5.06 Å². The molecule has 0 aliphatic carbocycles. The third-order valence-corrected chi connectivity index (χ3v) is 7.42. The summed E-state index contributed by atoms with van der Waals surface area (Å²) in [5.74, 6) is -0.831. The Hall–Kier alpha value is -2.84. The van der Waals surface area contributed by atoms with Crippen molar-refractivity contribution in [1.29, 1.82) is 0 Å². The molecule has 2 aliphatic rings. The van der Waals surface area contributed by atoms with E-state index in [1.54, 1.807) is 0 Å². The molecule has 0 spiro atoms. The topological polar surface area (TPSA) is 84.2 Å². The van der Waals surface area contributed by atoms with Gasteiger partial charge < -0.3 is 14.4 Å². The molecule has 1 saturated heterocycles. The molecule has 3 unspecified atom stereocenters. The van der Waals surface area contributed by atoms with Gasteiger partial charge in [0.1, 0.15) is 5.75 Å². The Balaban J connectivity index is 1.60. The Bertz CT molecular complexity index is 1050. The molecule has 2 aromatic rings. The first kappa shape index (κ1) is 26.2. The molecule has 1 fully saturated rings. The van der Waals surface area contributed by atoms with Crippen molar-refractivity contribution >= 4 is 11.9 Å². The van der Waals surface area contributed by atoms with E-state index in [1.165, 1.54) is 5.06 Å². The van der Waals surface area contributed by atoms with Gasteiger partial charge in [0.15, 0.2) is 0 Å². The molecule has 1 amide bonds. The number of nitrogens with zero attached hydrogens (tertiary/aromatic N) is 3. The third-order valence-electron chi connectivity index (χ3n) is 7.42. The second kappa shape index (κ2) is 11.9. The molecule has 8 heteroatoms. The van der Waals surface area contributed by atoms with E-state index in [2.05, 4.69) is 21.6 Å². The van der Waals surface area contributed by atoms with Gasteiger partial charge in [0.25, 0.3) is 5.91 Å². The maximum atomic E-state index is 13.3. The van der Waals surface area contributed by atoms with E-state index >= 15 is 0 Å². The van der Waals surface area contributed by atoms with Crippen LogP contribution >= 0.6 is 0 Å². The zero-order valence-electron chi connectivity index (χ0n) is 21.7. The number of carboxylic acid groups (broad SMARTS) is 1. The number of aryl methyl sites for hydroxylation is 2. The molecule has 0 saturated carbocycles. The summed E-state index contributed by atoms with van der Waals surface area (Å²) in [4.78, 5) is 33.8. The number of aliphatic carboxylic acids is 1. The summed E-state index contributed by atoms with van der Waals surface area (Å²) in [5.41, 5.74) is 3.30. The van der Waals surface area contributed by atoms with Gasteiger partial charge in [-0.15, -0.1) is 0 Å². The molecule has 4 rings (SSSR count). The monoisotopic (exact) mass is 497 g/mol. The summed E-state index contributed by atoms with van der Waals surface area (Å²) in [5, 5.41) is 11.9. The van der Waals surface area contributed by atoms with E-state index in [1.807, 2.05) is 45.3 Å². The molecule has 36 heavy (non-hydrogen) atoms. The lowest BCUT2D eigenvalue weighted by Crippen LogP contribution is -2.44. The van der Waals surface area contributed by atoms with Gasteiger partial charge in [0.05, 0.1) is 25.7 Å². The number of carbonyl (C=O) groups is 2. The standard InChI is InChI=1S/C28H39N3O5/c1-4-13-31(36-15-5-2)26(32)19-30-18-23(20-8-11-25-21(17-20)12-16-35-25)27(28(33)34)24(30)10-9-22-7-6-14-29(22)3/h6-8,11,14,17,23-24,27H,4-5,9-10,12-13,15-16,18-19H2,1-3H3,(H,33,34). The number of hydrogen-bond acceptors (Lipinski definition) is 5. The Morgan fingerprint density at radius 1 is 1.22 bits per heavy atom. The smallest absolute Gasteiger partial charge is 0.308 e. The van der Waals surface area contributed by atoms with Gasteiger partial charge in [0.2, 0.25) is 0 Å². The van der Waals surface area contributed by atoms with E-state index in [-0.39, 0.29) is 24.4 Å². The van der Waals surface area contributed by atoms with Crippen LogP contribution in [0.2, 0.25) is 0 Å². The Kier molecular flexibility index (Phi) is 8.69. The fourth-order valence-corrected chi connectivity index (χ4v) is 5.60. The van der Waals surface area contributed by atoms with E-state index in [0.29, 0.717) is 32.7 Å². The highest BCUT2D eigenvalue weighted by Gasteiger charge is 2.47. The molecule has 0 radical (unpaired) electrons. The Morgan fingerprint density at radius 3 is 2.75 bits per heavy atom. The molecule has 2 aliphatic heterocycles. The van der Waals surface area contributed by atoms with Crippen LogP contribution in [-0.4, -0.2) is 70.4 Å². The molecule has 3 heterocycles. The zero-order chi connectivity index (χ0) is 25.7. The van der Waals surface area contributed by atoms with Crippen LogP contribution in [0.15, 0.2) is 36.5 Å². The van der Waals surface area contributed by atoms with Crippen molar-refractivity contribution in [3.05, 3.63) is 53.3 Å². The number of carbonyl (C=O) groups excluding carboxylic acids is 1. The fourth-order valence-electron chi connectivity index (χ4n) is 5.60. The predicted octanol–water partition coefficient (Wildman–Crippen LogP) is 3.64. The second-order valence-electron chi connectivity index (χ2n) is 9.91. The first-order valence-electron chi connectivity index (χ1n) is 13.2. The number of hydrogen-bond donors (Lipinski definition) is 1. The average Bonchev–Trinajstić information content (AvgIpc) is 3.58. The summed E-state index contributed by atoms with van der Waals surface area (Å²) >= 11 is 0. The number of amides is 1. The minimum absolute atomic E-state index is 0.110. The number of likely N-dealkylation sites (tertiary alicyclic amines) is 1. The van der Waals surface area contributed by atoms with Gasteiger partial charge in [-0.05, 0) is 55.0 Å². The van der Waals surface area contributed by atoms with Crippen LogP contribution in [-0.2, 0) is 34.3 Å². The largest absolute Gasteiger partial charge is 0.493 e. The fraction of sp³-hybridized carbons (Fsp3) is 0.571. The Labute approximate surface area is 213 Å². The number of benzene rings is 1. The lowest BCUT2D eigenvalue weighted by atomic mass is 9.83. The van der Waals surface area contributed by atoms with Crippen LogP contribution in [0.5, 0.6) is 5.75 Å². The maximum Gasteiger partial charge on any atom is 0.308 e. The highest BCUT2D eigenvalue weighted by Crippen LogP contribution is 2.41. The minimum Gasteiger partial charge on any atom is -0.493 e. The molecular weight excluding hydrogens is 458 g/mol. The van der Waals surface area contributed by atoms with Gasteiger partial charge in [0, 0.05) is 50.4 Å². The highest BCUT2D eigenvalue weighted by molar-refractivity contribution is 5.78. The number of carboxylic acids is 1. The number of rotatable bonds is 12. The van der Waals surface area contributed by atoms with Crippen LogP contribution in [0.1, 0.15) is 55.8 Å². The summed E-state index contributed by atoms with van der Waals surface area (Å²) in [7, 11) is 2.00. The van der Waals surface area contributed by atoms with Gasteiger partial charge in [-0.3, -0.25) is 19.3 Å². The number of ether oxygens (including phenoxy) is 1. The lowest BCUT2D eigenvalue weighted by molar-refractivity contribution is -0.188. The normalized spacial score (nSPS) is 21.4. The summed E-state index contributed by atoms with van der Waals surface area (Å²) in [6.07, 6.45) is 5.87. The van der Waals surface area contributed by atoms with Gasteiger partial charge >= 0.3 is 5.97 Å². The van der Waals surface area contributed by atoms with Crippen molar-refractivity contribution in [3.63, 3.8) is 0 Å². The molecule has 1 N–H and O–H groups in total. The molecule has 1 aromatic heterocycles. The summed E-state index contributed by atoms with van der Waals surface area (Å²) in [6, 6.07) is 9.88. The lowest BCUT2D eigenvalue weighted by Gasteiger charge is -2.29. The van der Waals surface area contributed by atoms with Crippen LogP contribution in [0.3, 0.4) is 0 Å². The SMILES string of the molecule is CCCON(CCC)C(=O)CN1CC(c2ccc3c(c2)CCO3)C(C(=O)O)C1CCc1cccn1C. The molecule has 1 aromatic carbocycles. The van der Waals surface area contributed by atoms with E-state index in [9.17, 15) is 14.7 Å². The van der Waals surface area contributed by atoms with Crippen molar-refractivity contribution < 1.29 is 24.3 Å². The molecule has 0 bridgehead atoms. The summed E-state index contributed by atoms with van der Waals surface area (Å²) in [6.45, 7) is 6.37. The molecule has 196 valence electrons. The minimum atomic E-state index is -0.809. The number of hydroxylamine groups is 2. The molecule has 8 nitrogen and oxygen atoms in total. The molecular formula is C28H39N3O5. The zero-order valence-corrected chi connectivity index (χ0v) is 21.7. The van der Waals surface area contributed by atoms with Crippen LogP contribution < -0.4 is 4.74 Å².